The van der Waals surface area contributed by atoms with E-state index in [1.807, 2.05) is 22.7 Å². The summed E-state index contributed by atoms with van der Waals surface area (Å²) in [4.78, 5) is 5.08. The van der Waals surface area contributed by atoms with Gasteiger partial charge in [-0.05, 0) is 172 Å². The third-order valence-corrected chi connectivity index (χ3v) is 16.9. The minimum atomic E-state index is -0.307. The van der Waals surface area contributed by atoms with E-state index < -0.39 is 0 Å². The van der Waals surface area contributed by atoms with Crippen molar-refractivity contribution in [2.75, 3.05) is 9.80 Å². The molecule has 0 fully saturated rings. The van der Waals surface area contributed by atoms with Crippen molar-refractivity contribution in [2.24, 2.45) is 0 Å². The topological polar surface area (TPSA) is 32.8 Å². The zero-order valence-corrected chi connectivity index (χ0v) is 42.5. The Balaban J connectivity index is 1.10. The molecule has 4 nitrogen and oxygen atoms in total. The van der Waals surface area contributed by atoms with Crippen LogP contribution in [0.15, 0.2) is 147 Å². The van der Waals surface area contributed by atoms with Crippen LogP contribution < -0.4 is 26.6 Å². The number of fused-ring (bicyclic) bond motifs is 10. The van der Waals surface area contributed by atoms with Gasteiger partial charge in [-0.3, -0.25) is 0 Å². The van der Waals surface area contributed by atoms with Crippen LogP contribution in [0.1, 0.15) is 74.9 Å². The second kappa shape index (κ2) is 14.9. The van der Waals surface area contributed by atoms with Gasteiger partial charge in [-0.2, -0.15) is 0 Å². The predicted octanol–water partition coefficient (Wildman–Crippen LogP) is 16.9. The molecule has 0 saturated heterocycles. The molecular formula is C62H53BN2O2S2. The summed E-state index contributed by atoms with van der Waals surface area (Å²) in [6.45, 7) is 22.6. The zero-order valence-electron chi connectivity index (χ0n) is 40.9. The van der Waals surface area contributed by atoms with Crippen LogP contribution >= 0.6 is 22.7 Å². The lowest BCUT2D eigenvalue weighted by atomic mass is 9.37. The van der Waals surface area contributed by atoms with Gasteiger partial charge in [0.15, 0.2) is 0 Å². The van der Waals surface area contributed by atoms with Crippen LogP contribution in [0.4, 0.5) is 34.1 Å². The number of aryl methyl sites for hydroxylation is 4. The molecule has 69 heavy (non-hydrogen) atoms. The van der Waals surface area contributed by atoms with Gasteiger partial charge in [0.25, 0.3) is 0 Å². The normalized spacial score (nSPS) is 13.6. The van der Waals surface area contributed by atoms with E-state index in [0.717, 1.165) is 56.0 Å². The summed E-state index contributed by atoms with van der Waals surface area (Å²) in [6.07, 6.45) is 0. The van der Waals surface area contributed by atoms with Crippen molar-refractivity contribution in [1.29, 1.82) is 0 Å². The van der Waals surface area contributed by atoms with Gasteiger partial charge in [0, 0.05) is 53.4 Å². The molecule has 0 saturated carbocycles. The van der Waals surface area contributed by atoms with Gasteiger partial charge in [0.05, 0.1) is 22.7 Å². The van der Waals surface area contributed by atoms with Crippen molar-refractivity contribution < 1.29 is 8.83 Å². The SMILES string of the molecule is Cc1cc(-c2csc3ccccc23)cc(C)c1N1c2cccc3c2B(c2oc4ccc(C(C)(C)C)cc4c21)c1oc2ccc(C(C)(C)C)cc2c1N3c1c(C)cc(-c2csc3ccccc23)cc1C. The third kappa shape index (κ3) is 6.25. The molecule has 11 aromatic rings. The molecule has 6 heterocycles. The largest absolute Gasteiger partial charge is 0.468 e. The van der Waals surface area contributed by atoms with Crippen LogP contribution in [0.5, 0.6) is 0 Å². The van der Waals surface area contributed by atoms with Crippen molar-refractivity contribution in [3.63, 3.8) is 0 Å². The molecule has 13 rings (SSSR count). The van der Waals surface area contributed by atoms with Crippen molar-refractivity contribution in [2.45, 2.75) is 80.1 Å². The summed E-state index contributed by atoms with van der Waals surface area (Å²) in [5.41, 5.74) is 23.8. The third-order valence-electron chi connectivity index (χ3n) is 14.9. The monoisotopic (exact) mass is 932 g/mol. The fraction of sp³-hybridized carbons (Fsp3) is 0.194. The van der Waals surface area contributed by atoms with Crippen LogP contribution in [0.2, 0.25) is 0 Å². The Hall–Kier alpha value is -6.80. The van der Waals surface area contributed by atoms with E-state index in [1.165, 1.54) is 92.6 Å². The van der Waals surface area contributed by atoms with Gasteiger partial charge in [-0.1, -0.05) is 96.1 Å². The highest BCUT2D eigenvalue weighted by molar-refractivity contribution is 7.18. The van der Waals surface area contributed by atoms with Crippen molar-refractivity contribution >= 4 is 122 Å². The Morgan fingerprint density at radius 1 is 0.435 bits per heavy atom. The Labute approximate surface area is 412 Å². The maximum Gasteiger partial charge on any atom is 0.342 e. The number of hydrogen-bond acceptors (Lipinski definition) is 6. The number of rotatable bonds is 4. The lowest BCUT2D eigenvalue weighted by molar-refractivity contribution is 0.590. The minimum Gasteiger partial charge on any atom is -0.468 e. The molecule has 0 unspecified atom stereocenters. The lowest BCUT2D eigenvalue weighted by Gasteiger charge is -2.42. The number of furan rings is 2. The summed E-state index contributed by atoms with van der Waals surface area (Å²) in [5, 5.41) is 9.44. The fourth-order valence-electron chi connectivity index (χ4n) is 11.6. The maximum absolute atomic E-state index is 7.36. The standard InChI is InChI=1S/C62H53BN2O2S2/c1-34-26-38(46-32-68-52-20-13-11-16-42(46)52)27-35(2)55(34)64-48-18-15-19-49-54(48)63(59-57(64)44-30-40(61(5,6)7)22-24-50(44)66-59)60-58(45-31-41(62(8,9)10)23-25-51(45)67-60)65(49)56-36(3)28-39(29-37(56)4)47-33-69-53-21-14-12-17-43(47)53/h11-33H,1-10H3. The van der Waals surface area contributed by atoms with E-state index in [9.17, 15) is 0 Å². The van der Waals surface area contributed by atoms with Crippen LogP contribution in [0, 0.1) is 27.7 Å². The Morgan fingerprint density at radius 3 is 1.25 bits per heavy atom. The second-order valence-corrected chi connectivity index (χ2v) is 23.4. The molecular weight excluding hydrogens is 880 g/mol. The van der Waals surface area contributed by atoms with Crippen LogP contribution in [-0.2, 0) is 10.8 Å². The van der Waals surface area contributed by atoms with E-state index in [0.29, 0.717) is 0 Å². The van der Waals surface area contributed by atoms with Crippen LogP contribution in [0.3, 0.4) is 0 Å². The van der Waals surface area contributed by atoms with Gasteiger partial charge in [0.2, 0.25) is 0 Å². The van der Waals surface area contributed by atoms with Gasteiger partial charge < -0.3 is 18.6 Å². The lowest BCUT2D eigenvalue weighted by Crippen LogP contribution is -2.60. The van der Waals surface area contributed by atoms with Crippen molar-refractivity contribution in [1.82, 2.24) is 0 Å². The van der Waals surface area contributed by atoms with Gasteiger partial charge >= 0.3 is 6.71 Å². The molecule has 4 aromatic heterocycles. The molecule has 0 bridgehead atoms. The highest BCUT2D eigenvalue weighted by Gasteiger charge is 2.50. The molecule has 2 aliphatic rings. The first-order valence-corrected chi connectivity index (χ1v) is 25.9. The van der Waals surface area contributed by atoms with E-state index in [4.69, 9.17) is 8.83 Å². The maximum atomic E-state index is 7.36. The van der Waals surface area contributed by atoms with Crippen LogP contribution in [0.25, 0.3) is 64.4 Å². The van der Waals surface area contributed by atoms with E-state index >= 15 is 0 Å². The highest BCUT2D eigenvalue weighted by atomic mass is 32.1. The number of anilines is 6. The molecule has 7 aromatic carbocycles. The smallest absolute Gasteiger partial charge is 0.342 e. The van der Waals surface area contributed by atoms with Gasteiger partial charge in [-0.15, -0.1) is 22.7 Å². The molecule has 0 amide bonds. The summed E-state index contributed by atoms with van der Waals surface area (Å²) < 4.78 is 17.3. The van der Waals surface area contributed by atoms with E-state index in [2.05, 4.69) is 217 Å². The first-order valence-electron chi connectivity index (χ1n) is 24.2. The van der Waals surface area contributed by atoms with Crippen molar-refractivity contribution in [3.05, 3.63) is 172 Å². The average molecular weight is 933 g/mol. The highest BCUT2D eigenvalue weighted by Crippen LogP contribution is 2.52. The Bertz CT molecular complexity index is 3660. The number of benzene rings is 7. The molecule has 0 radical (unpaired) electrons. The van der Waals surface area contributed by atoms with E-state index in [-0.39, 0.29) is 17.5 Å². The number of thiophene rings is 2. The Morgan fingerprint density at radius 2 is 0.841 bits per heavy atom. The zero-order chi connectivity index (χ0) is 47.4. The summed E-state index contributed by atoms with van der Waals surface area (Å²) in [7, 11) is 0. The molecule has 7 heteroatoms. The molecule has 0 spiro atoms. The predicted molar refractivity (Wildman–Crippen MR) is 298 cm³/mol. The Kier molecular flexibility index (Phi) is 9.11. The average Bonchev–Trinajstić information content (AvgIpc) is 4.12. The molecule has 0 aliphatic carbocycles. The van der Waals surface area contributed by atoms with Gasteiger partial charge in [0.1, 0.15) is 22.5 Å². The summed E-state index contributed by atoms with van der Waals surface area (Å²) >= 11 is 3.63. The number of hydrogen-bond donors (Lipinski definition) is 0. The van der Waals surface area contributed by atoms with E-state index in [1.54, 1.807) is 0 Å². The van der Waals surface area contributed by atoms with Gasteiger partial charge in [-0.25, -0.2) is 0 Å². The molecule has 0 atom stereocenters. The fourth-order valence-corrected chi connectivity index (χ4v) is 13.6. The number of nitrogens with zero attached hydrogens (tertiary/aromatic N) is 2. The first kappa shape index (κ1) is 42.3. The summed E-state index contributed by atoms with van der Waals surface area (Å²) in [6, 6.07) is 47.6. The molecule has 338 valence electrons. The molecule has 0 N–H and O–H groups in total. The quantitative estimate of drug-likeness (QED) is 0.165. The first-order chi connectivity index (χ1) is 33.1. The van der Waals surface area contributed by atoms with Crippen LogP contribution in [-0.4, -0.2) is 6.71 Å². The minimum absolute atomic E-state index is 0.0660. The van der Waals surface area contributed by atoms with Crippen molar-refractivity contribution in [3.8, 4) is 22.3 Å². The summed E-state index contributed by atoms with van der Waals surface area (Å²) in [5.74, 6) is 0. The molecule has 2 aliphatic heterocycles. The second-order valence-electron chi connectivity index (χ2n) is 21.6.